The van der Waals surface area contributed by atoms with Gasteiger partial charge in [0.2, 0.25) is 5.91 Å². The fourth-order valence-corrected chi connectivity index (χ4v) is 6.29. The van der Waals surface area contributed by atoms with Gasteiger partial charge in [0.05, 0.1) is 12.1 Å². The Labute approximate surface area is 180 Å². The Morgan fingerprint density at radius 1 is 0.967 bits per heavy atom. The minimum atomic E-state index is -0.270. The molecule has 3 aliphatic heterocycles. The first kappa shape index (κ1) is 20.7. The molecule has 2 aliphatic carbocycles. The molecule has 1 spiro atoms. The Balaban J connectivity index is 1.17. The van der Waals surface area contributed by atoms with Gasteiger partial charge in [-0.1, -0.05) is 19.3 Å². The fraction of sp³-hybridized carbons (Fsp3) is 0.917. The molecule has 0 bridgehead atoms. The normalized spacial score (nSPS) is 30.5. The SMILES string of the molecule is O=C(CC1CCCCC1)N1CCC(N2C(=O)C(OCC3CC3)C23CCOCC3)CC1. The molecule has 0 aromatic carbocycles. The largest absolute Gasteiger partial charge is 0.381 e. The Morgan fingerprint density at radius 2 is 1.67 bits per heavy atom. The number of amides is 2. The summed E-state index contributed by atoms with van der Waals surface area (Å²) >= 11 is 0. The first-order chi connectivity index (χ1) is 14.7. The predicted molar refractivity (Wildman–Crippen MR) is 113 cm³/mol. The number of hydrogen-bond acceptors (Lipinski definition) is 4. The average molecular weight is 419 g/mol. The van der Waals surface area contributed by atoms with Gasteiger partial charge in [-0.2, -0.15) is 0 Å². The first-order valence-corrected chi connectivity index (χ1v) is 12.5. The number of carbonyl (C=O) groups is 2. The van der Waals surface area contributed by atoms with E-state index in [1.165, 1.54) is 44.9 Å². The number of piperidine rings is 1. The zero-order valence-corrected chi connectivity index (χ0v) is 18.4. The highest BCUT2D eigenvalue weighted by Gasteiger charge is 2.63. The van der Waals surface area contributed by atoms with Crippen LogP contribution in [0.2, 0.25) is 0 Å². The molecule has 5 aliphatic rings. The summed E-state index contributed by atoms with van der Waals surface area (Å²) in [4.78, 5) is 30.2. The van der Waals surface area contributed by atoms with Gasteiger partial charge in [0.25, 0.3) is 5.91 Å². The minimum absolute atomic E-state index is 0.164. The number of β-lactam (4-membered cyclic amide) rings is 1. The summed E-state index contributed by atoms with van der Waals surface area (Å²) < 4.78 is 11.8. The van der Waals surface area contributed by atoms with Crippen LogP contribution in [0.25, 0.3) is 0 Å². The van der Waals surface area contributed by atoms with Crippen molar-refractivity contribution >= 4 is 11.8 Å². The van der Waals surface area contributed by atoms with E-state index in [1.807, 2.05) is 0 Å². The minimum Gasteiger partial charge on any atom is -0.381 e. The summed E-state index contributed by atoms with van der Waals surface area (Å²) in [5.41, 5.74) is -0.164. The third kappa shape index (κ3) is 4.02. The van der Waals surface area contributed by atoms with Gasteiger partial charge < -0.3 is 19.3 Å². The summed E-state index contributed by atoms with van der Waals surface area (Å²) in [5, 5.41) is 0. The molecule has 6 heteroatoms. The molecule has 6 nitrogen and oxygen atoms in total. The van der Waals surface area contributed by atoms with Crippen molar-refractivity contribution in [1.82, 2.24) is 9.80 Å². The Morgan fingerprint density at radius 3 is 2.33 bits per heavy atom. The summed E-state index contributed by atoms with van der Waals surface area (Å²) in [5.74, 6) is 1.78. The van der Waals surface area contributed by atoms with Crippen LogP contribution < -0.4 is 0 Å². The summed E-state index contributed by atoms with van der Waals surface area (Å²) in [7, 11) is 0. The van der Waals surface area contributed by atoms with Crippen LogP contribution in [0, 0.1) is 11.8 Å². The summed E-state index contributed by atoms with van der Waals surface area (Å²) in [6.07, 6.45) is 12.9. The zero-order chi connectivity index (χ0) is 20.6. The molecule has 0 aromatic heterocycles. The van der Waals surface area contributed by atoms with Crippen LogP contribution in [0.15, 0.2) is 0 Å². The highest BCUT2D eigenvalue weighted by molar-refractivity contribution is 5.91. The molecular weight excluding hydrogens is 380 g/mol. The number of ether oxygens (including phenoxy) is 2. The molecule has 2 saturated carbocycles. The second kappa shape index (κ2) is 8.78. The second-order valence-electron chi connectivity index (χ2n) is 10.4. The van der Waals surface area contributed by atoms with Crippen LogP contribution in [0.5, 0.6) is 0 Å². The lowest BCUT2D eigenvalue weighted by Crippen LogP contribution is -2.79. The maximum Gasteiger partial charge on any atom is 0.254 e. The van der Waals surface area contributed by atoms with Gasteiger partial charge in [0.1, 0.15) is 0 Å². The number of nitrogens with zero attached hydrogens (tertiary/aromatic N) is 2. The van der Waals surface area contributed by atoms with Gasteiger partial charge in [0, 0.05) is 38.8 Å². The Kier molecular flexibility index (Phi) is 6.07. The highest BCUT2D eigenvalue weighted by atomic mass is 16.5. The molecule has 0 N–H and O–H groups in total. The van der Waals surface area contributed by atoms with Crippen molar-refractivity contribution in [3.8, 4) is 0 Å². The van der Waals surface area contributed by atoms with Crippen molar-refractivity contribution < 1.29 is 19.1 Å². The molecule has 2 amide bonds. The van der Waals surface area contributed by atoms with E-state index in [0.717, 1.165) is 51.8 Å². The average Bonchev–Trinajstić information content (AvgIpc) is 3.60. The predicted octanol–water partition coefficient (Wildman–Crippen LogP) is 3.13. The van der Waals surface area contributed by atoms with Crippen LogP contribution in [0.4, 0.5) is 0 Å². The van der Waals surface area contributed by atoms with E-state index in [4.69, 9.17) is 9.47 Å². The fourth-order valence-electron chi connectivity index (χ4n) is 6.29. The van der Waals surface area contributed by atoms with Crippen molar-refractivity contribution in [2.24, 2.45) is 11.8 Å². The molecular formula is C24H38N2O4. The van der Waals surface area contributed by atoms with E-state index in [0.29, 0.717) is 31.0 Å². The molecule has 0 radical (unpaired) electrons. The van der Waals surface area contributed by atoms with E-state index >= 15 is 0 Å². The molecule has 5 fully saturated rings. The van der Waals surface area contributed by atoms with E-state index in [9.17, 15) is 9.59 Å². The first-order valence-electron chi connectivity index (χ1n) is 12.5. The van der Waals surface area contributed by atoms with E-state index in [1.54, 1.807) is 0 Å². The Bertz CT molecular complexity index is 629. The molecule has 168 valence electrons. The maximum atomic E-state index is 13.1. The number of likely N-dealkylation sites (tertiary alicyclic amines) is 2. The number of hydrogen-bond donors (Lipinski definition) is 0. The third-order valence-corrected chi connectivity index (χ3v) is 8.35. The maximum absolute atomic E-state index is 13.1. The molecule has 5 rings (SSSR count). The molecule has 1 unspecified atom stereocenters. The Hall–Kier alpha value is -1.14. The van der Waals surface area contributed by atoms with Crippen molar-refractivity contribution in [2.75, 3.05) is 32.9 Å². The lowest BCUT2D eigenvalue weighted by Gasteiger charge is -2.62. The van der Waals surface area contributed by atoms with Crippen molar-refractivity contribution in [3.05, 3.63) is 0 Å². The molecule has 0 aromatic rings. The van der Waals surface area contributed by atoms with Crippen LogP contribution >= 0.6 is 0 Å². The van der Waals surface area contributed by atoms with E-state index in [-0.39, 0.29) is 23.6 Å². The van der Waals surface area contributed by atoms with Gasteiger partial charge in [-0.05, 0) is 63.2 Å². The molecule has 30 heavy (non-hydrogen) atoms. The lowest BCUT2D eigenvalue weighted by atomic mass is 9.72. The van der Waals surface area contributed by atoms with E-state index < -0.39 is 0 Å². The van der Waals surface area contributed by atoms with Gasteiger partial charge >= 0.3 is 0 Å². The molecule has 3 heterocycles. The summed E-state index contributed by atoms with van der Waals surface area (Å²) in [6.45, 7) is 3.75. The third-order valence-electron chi connectivity index (χ3n) is 8.35. The van der Waals surface area contributed by atoms with Crippen LogP contribution in [0.3, 0.4) is 0 Å². The molecule has 1 atom stereocenters. The quantitative estimate of drug-likeness (QED) is 0.622. The monoisotopic (exact) mass is 418 g/mol. The van der Waals surface area contributed by atoms with Crippen LogP contribution in [0.1, 0.15) is 77.0 Å². The van der Waals surface area contributed by atoms with Gasteiger partial charge in [0.15, 0.2) is 6.10 Å². The highest BCUT2D eigenvalue weighted by Crippen LogP contribution is 2.46. The van der Waals surface area contributed by atoms with E-state index in [2.05, 4.69) is 9.80 Å². The van der Waals surface area contributed by atoms with Crippen LogP contribution in [-0.2, 0) is 19.1 Å². The van der Waals surface area contributed by atoms with Crippen molar-refractivity contribution in [2.45, 2.75) is 94.7 Å². The van der Waals surface area contributed by atoms with Crippen molar-refractivity contribution in [1.29, 1.82) is 0 Å². The second-order valence-corrected chi connectivity index (χ2v) is 10.4. The topological polar surface area (TPSA) is 59.1 Å². The van der Waals surface area contributed by atoms with Crippen LogP contribution in [-0.4, -0.2) is 72.2 Å². The lowest BCUT2D eigenvalue weighted by molar-refractivity contribution is -0.219. The summed E-state index contributed by atoms with van der Waals surface area (Å²) in [6, 6.07) is 0.245. The van der Waals surface area contributed by atoms with Gasteiger partial charge in [-0.25, -0.2) is 0 Å². The smallest absolute Gasteiger partial charge is 0.254 e. The number of rotatable bonds is 6. The van der Waals surface area contributed by atoms with Gasteiger partial charge in [-0.3, -0.25) is 9.59 Å². The standard InChI is InChI=1S/C24H38N2O4/c27-21(16-18-4-2-1-3-5-18)25-12-8-20(9-13-25)26-23(28)22(30-17-19-6-7-19)24(26)10-14-29-15-11-24/h18-20,22H,1-17H2. The number of carbonyl (C=O) groups excluding carboxylic acids is 2. The van der Waals surface area contributed by atoms with Crippen molar-refractivity contribution in [3.63, 3.8) is 0 Å². The van der Waals surface area contributed by atoms with Gasteiger partial charge in [-0.15, -0.1) is 0 Å². The zero-order valence-electron chi connectivity index (χ0n) is 18.4. The molecule has 3 saturated heterocycles.